The van der Waals surface area contributed by atoms with Gasteiger partial charge in [0, 0.05) is 17.8 Å². The predicted octanol–water partition coefficient (Wildman–Crippen LogP) is 2.16. The fourth-order valence-electron chi connectivity index (χ4n) is 1.97. The van der Waals surface area contributed by atoms with Crippen LogP contribution < -0.4 is 5.73 Å². The second-order valence-corrected chi connectivity index (χ2v) is 5.46. The molecule has 0 fully saturated rings. The Morgan fingerprint density at radius 3 is 2.88 bits per heavy atom. The second-order valence-electron chi connectivity index (χ2n) is 4.55. The van der Waals surface area contributed by atoms with E-state index in [2.05, 4.69) is 25.9 Å². The highest BCUT2D eigenvalue weighted by Gasteiger charge is 2.26. The van der Waals surface area contributed by atoms with Crippen LogP contribution in [0.15, 0.2) is 16.7 Å². The summed E-state index contributed by atoms with van der Waals surface area (Å²) in [4.78, 5) is 8.68. The van der Waals surface area contributed by atoms with E-state index < -0.39 is 0 Å². The number of methoxy groups -OCH3 is 1. The van der Waals surface area contributed by atoms with Crippen LogP contribution in [-0.4, -0.2) is 28.3 Å². The van der Waals surface area contributed by atoms with Crippen molar-refractivity contribution < 1.29 is 4.74 Å². The zero-order chi connectivity index (χ0) is 12.6. The van der Waals surface area contributed by atoms with Crippen LogP contribution in [0.25, 0.3) is 11.2 Å². The molecule has 0 atom stereocenters. The number of fused-ring (bicyclic) bond motifs is 1. The van der Waals surface area contributed by atoms with Gasteiger partial charge in [-0.3, -0.25) is 4.57 Å². The number of nitrogens with zero attached hydrogens (tertiary/aromatic N) is 3. The lowest BCUT2D eigenvalue weighted by atomic mass is 10.1. The predicted molar refractivity (Wildman–Crippen MR) is 70.8 cm³/mol. The van der Waals surface area contributed by atoms with Crippen molar-refractivity contribution in [1.29, 1.82) is 0 Å². The molecule has 5 nitrogen and oxygen atoms in total. The van der Waals surface area contributed by atoms with Gasteiger partial charge in [-0.15, -0.1) is 0 Å². The highest BCUT2D eigenvalue weighted by Crippen LogP contribution is 2.27. The Bertz CT molecular complexity index is 550. The van der Waals surface area contributed by atoms with E-state index in [-0.39, 0.29) is 5.54 Å². The standard InChI is InChI=1S/C11H15BrN4O/c1-11(2,6-17-3)16-9-8(15-10(16)13)4-7(12)5-14-9/h4-5H,6H2,1-3H3,(H2,13,15). The van der Waals surface area contributed by atoms with E-state index in [1.807, 2.05) is 24.5 Å². The zero-order valence-corrected chi connectivity index (χ0v) is 11.7. The number of pyridine rings is 1. The number of rotatable bonds is 3. The third kappa shape index (κ3) is 2.14. The van der Waals surface area contributed by atoms with E-state index in [0.29, 0.717) is 12.6 Å². The van der Waals surface area contributed by atoms with E-state index in [4.69, 9.17) is 10.5 Å². The fourth-order valence-corrected chi connectivity index (χ4v) is 2.29. The first-order chi connectivity index (χ1) is 7.95. The maximum Gasteiger partial charge on any atom is 0.203 e. The SMILES string of the molecule is COCC(C)(C)n1c(N)nc2cc(Br)cnc21. The summed E-state index contributed by atoms with van der Waals surface area (Å²) in [7, 11) is 1.67. The quantitative estimate of drug-likeness (QED) is 0.943. The molecule has 0 spiro atoms. The highest BCUT2D eigenvalue weighted by molar-refractivity contribution is 9.10. The Balaban J connectivity index is 2.64. The van der Waals surface area contributed by atoms with Gasteiger partial charge in [0.25, 0.3) is 0 Å². The average molecular weight is 299 g/mol. The van der Waals surface area contributed by atoms with Gasteiger partial charge in [-0.05, 0) is 35.8 Å². The number of hydrogen-bond donors (Lipinski definition) is 1. The molecule has 0 bridgehead atoms. The molecule has 2 heterocycles. The molecule has 92 valence electrons. The van der Waals surface area contributed by atoms with Crippen molar-refractivity contribution in [1.82, 2.24) is 14.5 Å². The molecule has 17 heavy (non-hydrogen) atoms. The third-order valence-electron chi connectivity index (χ3n) is 2.59. The van der Waals surface area contributed by atoms with Crippen LogP contribution in [0.4, 0.5) is 5.95 Å². The van der Waals surface area contributed by atoms with Gasteiger partial charge in [-0.2, -0.15) is 0 Å². The first-order valence-corrected chi connectivity index (χ1v) is 6.04. The van der Waals surface area contributed by atoms with Crippen LogP contribution in [0.2, 0.25) is 0 Å². The largest absolute Gasteiger partial charge is 0.382 e. The number of imidazole rings is 1. The van der Waals surface area contributed by atoms with Gasteiger partial charge in [0.15, 0.2) is 5.65 Å². The molecule has 0 aromatic carbocycles. The van der Waals surface area contributed by atoms with Crippen LogP contribution >= 0.6 is 15.9 Å². The molecule has 0 aliphatic rings. The van der Waals surface area contributed by atoms with Gasteiger partial charge < -0.3 is 10.5 Å². The van der Waals surface area contributed by atoms with Crippen molar-refractivity contribution in [2.24, 2.45) is 0 Å². The lowest BCUT2D eigenvalue weighted by Crippen LogP contribution is -2.32. The summed E-state index contributed by atoms with van der Waals surface area (Å²) < 4.78 is 8.01. The molecule has 0 aliphatic heterocycles. The molecule has 0 amide bonds. The molecule has 0 saturated heterocycles. The van der Waals surface area contributed by atoms with Gasteiger partial charge >= 0.3 is 0 Å². The summed E-state index contributed by atoms with van der Waals surface area (Å²) in [6.45, 7) is 4.62. The molecule has 0 saturated carbocycles. The zero-order valence-electron chi connectivity index (χ0n) is 10.1. The number of aromatic nitrogens is 3. The number of ether oxygens (including phenoxy) is 1. The van der Waals surface area contributed by atoms with Gasteiger partial charge in [0.1, 0.15) is 5.52 Å². The van der Waals surface area contributed by atoms with Gasteiger partial charge in [0.05, 0.1) is 12.1 Å². The smallest absolute Gasteiger partial charge is 0.203 e. The molecule has 0 aliphatic carbocycles. The number of nitrogen functional groups attached to an aromatic ring is 1. The highest BCUT2D eigenvalue weighted by atomic mass is 79.9. The lowest BCUT2D eigenvalue weighted by Gasteiger charge is -2.26. The summed E-state index contributed by atoms with van der Waals surface area (Å²) in [6, 6.07) is 1.90. The number of halogens is 1. The Labute approximate surface area is 108 Å². The van der Waals surface area contributed by atoms with E-state index in [1.54, 1.807) is 13.3 Å². The third-order valence-corrected chi connectivity index (χ3v) is 3.03. The Hall–Kier alpha value is -1.14. The summed E-state index contributed by atoms with van der Waals surface area (Å²) in [5, 5.41) is 0. The molecule has 2 N–H and O–H groups in total. The van der Waals surface area contributed by atoms with Crippen molar-refractivity contribution in [2.75, 3.05) is 19.5 Å². The topological polar surface area (TPSA) is 66.0 Å². The molecule has 6 heteroatoms. The first-order valence-electron chi connectivity index (χ1n) is 5.24. The number of nitrogens with two attached hydrogens (primary N) is 1. The molecule has 2 aromatic rings. The van der Waals surface area contributed by atoms with Crippen LogP contribution in [-0.2, 0) is 10.3 Å². The molecule has 2 rings (SSSR count). The monoisotopic (exact) mass is 298 g/mol. The minimum Gasteiger partial charge on any atom is -0.382 e. The summed E-state index contributed by atoms with van der Waals surface area (Å²) >= 11 is 3.37. The normalized spacial score (nSPS) is 12.2. The van der Waals surface area contributed by atoms with Crippen molar-refractivity contribution >= 4 is 33.0 Å². The van der Waals surface area contributed by atoms with Crippen LogP contribution in [0, 0.1) is 0 Å². The maximum atomic E-state index is 5.96. The lowest BCUT2D eigenvalue weighted by molar-refractivity contribution is 0.113. The number of hydrogen-bond acceptors (Lipinski definition) is 4. The first kappa shape index (κ1) is 12.3. The van der Waals surface area contributed by atoms with Crippen LogP contribution in [0.5, 0.6) is 0 Å². The fraction of sp³-hybridized carbons (Fsp3) is 0.455. The molecule has 0 radical (unpaired) electrons. The van der Waals surface area contributed by atoms with Crippen LogP contribution in [0.1, 0.15) is 13.8 Å². The van der Waals surface area contributed by atoms with E-state index in [9.17, 15) is 0 Å². The van der Waals surface area contributed by atoms with Gasteiger partial charge in [0.2, 0.25) is 5.95 Å². The summed E-state index contributed by atoms with van der Waals surface area (Å²) in [5.74, 6) is 0.452. The molecule has 0 unspecified atom stereocenters. The van der Waals surface area contributed by atoms with Crippen molar-refractivity contribution in [3.8, 4) is 0 Å². The minimum atomic E-state index is -0.283. The minimum absolute atomic E-state index is 0.283. The Morgan fingerprint density at radius 1 is 1.53 bits per heavy atom. The van der Waals surface area contributed by atoms with E-state index in [1.165, 1.54) is 0 Å². The van der Waals surface area contributed by atoms with E-state index >= 15 is 0 Å². The van der Waals surface area contributed by atoms with Crippen molar-refractivity contribution in [3.63, 3.8) is 0 Å². The Kier molecular flexibility index (Phi) is 3.09. The maximum absolute atomic E-state index is 5.96. The number of anilines is 1. The van der Waals surface area contributed by atoms with Crippen molar-refractivity contribution in [2.45, 2.75) is 19.4 Å². The van der Waals surface area contributed by atoms with Gasteiger partial charge in [-0.25, -0.2) is 9.97 Å². The van der Waals surface area contributed by atoms with Crippen LogP contribution in [0.3, 0.4) is 0 Å². The summed E-state index contributed by atoms with van der Waals surface area (Å²) in [5.41, 5.74) is 7.23. The Morgan fingerprint density at radius 2 is 2.24 bits per heavy atom. The molecule has 2 aromatic heterocycles. The average Bonchev–Trinajstić information content (AvgIpc) is 2.53. The van der Waals surface area contributed by atoms with Gasteiger partial charge in [-0.1, -0.05) is 0 Å². The molecular weight excluding hydrogens is 284 g/mol. The van der Waals surface area contributed by atoms with Crippen molar-refractivity contribution in [3.05, 3.63) is 16.7 Å². The molecular formula is C11H15BrN4O. The van der Waals surface area contributed by atoms with E-state index in [0.717, 1.165) is 15.6 Å². The second kappa shape index (κ2) is 4.27. The summed E-state index contributed by atoms with van der Waals surface area (Å²) in [6.07, 6.45) is 1.74.